The maximum Gasteiger partial charge on any atom is 0.161 e. The number of hydrogen-bond donors (Lipinski definition) is 1. The third kappa shape index (κ3) is 6.11. The van der Waals surface area contributed by atoms with Gasteiger partial charge in [0.05, 0.1) is 6.61 Å². The van der Waals surface area contributed by atoms with E-state index in [1.54, 1.807) is 0 Å². The number of ether oxygens (including phenoxy) is 2. The molecule has 0 heterocycles. The lowest BCUT2D eigenvalue weighted by atomic mass is 10.2. The average molecular weight is 277 g/mol. The Balaban J connectivity index is 2.70. The van der Waals surface area contributed by atoms with Crippen LogP contribution in [0.5, 0.6) is 11.5 Å². The van der Waals surface area contributed by atoms with E-state index in [-0.39, 0.29) is 0 Å². The number of rotatable bonds is 9. The van der Waals surface area contributed by atoms with Gasteiger partial charge in [-0.05, 0) is 49.6 Å². The van der Waals surface area contributed by atoms with E-state index in [9.17, 15) is 0 Å². The lowest BCUT2D eigenvalue weighted by molar-refractivity contribution is 0.292. The third-order valence-corrected chi connectivity index (χ3v) is 2.66. The summed E-state index contributed by atoms with van der Waals surface area (Å²) in [5.74, 6) is 2.24. The largest absolute Gasteiger partial charge is 0.490 e. The Morgan fingerprint density at radius 1 is 1.25 bits per heavy atom. The minimum absolute atomic E-state index is 0.519. The van der Waals surface area contributed by atoms with Crippen LogP contribution in [-0.2, 0) is 6.54 Å². The third-order valence-electron chi connectivity index (χ3n) is 2.66. The molecule has 0 saturated carbocycles. The van der Waals surface area contributed by atoms with E-state index >= 15 is 0 Å². The van der Waals surface area contributed by atoms with Crippen LogP contribution in [0.3, 0.4) is 0 Å². The predicted molar refractivity (Wildman–Crippen MR) is 84.5 cm³/mol. The summed E-state index contributed by atoms with van der Waals surface area (Å²) >= 11 is 0. The van der Waals surface area contributed by atoms with Crippen molar-refractivity contribution in [3.63, 3.8) is 0 Å². The Morgan fingerprint density at radius 3 is 2.60 bits per heavy atom. The SMILES string of the molecule is C=C(C)COc1ccc(CNCC(C)C)cc1OCC. The Morgan fingerprint density at radius 2 is 2.00 bits per heavy atom. The maximum atomic E-state index is 5.70. The van der Waals surface area contributed by atoms with Gasteiger partial charge >= 0.3 is 0 Å². The minimum atomic E-state index is 0.519. The van der Waals surface area contributed by atoms with Gasteiger partial charge in [0.25, 0.3) is 0 Å². The van der Waals surface area contributed by atoms with Crippen molar-refractivity contribution in [2.45, 2.75) is 34.2 Å². The Bertz CT molecular complexity index is 427. The highest BCUT2D eigenvalue weighted by Crippen LogP contribution is 2.28. The fourth-order valence-electron chi connectivity index (χ4n) is 1.76. The topological polar surface area (TPSA) is 30.5 Å². The van der Waals surface area contributed by atoms with Gasteiger partial charge in [0.1, 0.15) is 6.61 Å². The highest BCUT2D eigenvalue weighted by molar-refractivity contribution is 5.43. The molecule has 0 unspecified atom stereocenters. The molecule has 0 aromatic heterocycles. The van der Waals surface area contributed by atoms with Crippen LogP contribution < -0.4 is 14.8 Å². The van der Waals surface area contributed by atoms with Gasteiger partial charge in [0, 0.05) is 6.54 Å². The summed E-state index contributed by atoms with van der Waals surface area (Å²) in [6.45, 7) is 15.2. The molecule has 0 atom stereocenters. The van der Waals surface area contributed by atoms with E-state index in [4.69, 9.17) is 9.47 Å². The van der Waals surface area contributed by atoms with E-state index in [0.717, 1.165) is 30.2 Å². The highest BCUT2D eigenvalue weighted by atomic mass is 16.5. The van der Waals surface area contributed by atoms with Crippen molar-refractivity contribution in [1.82, 2.24) is 5.32 Å². The van der Waals surface area contributed by atoms with Crippen LogP contribution in [0.4, 0.5) is 0 Å². The quantitative estimate of drug-likeness (QED) is 0.697. The van der Waals surface area contributed by atoms with E-state index in [1.807, 2.05) is 26.0 Å². The van der Waals surface area contributed by atoms with Crippen molar-refractivity contribution < 1.29 is 9.47 Å². The van der Waals surface area contributed by atoms with Gasteiger partial charge in [-0.15, -0.1) is 0 Å². The lowest BCUT2D eigenvalue weighted by Crippen LogP contribution is -2.19. The standard InChI is InChI=1S/C17H27NO2/c1-6-19-17-9-15(11-18-10-13(2)3)7-8-16(17)20-12-14(4)5/h7-9,13,18H,4,6,10-12H2,1-3,5H3. The molecular formula is C17H27NO2. The molecule has 1 aromatic carbocycles. The summed E-state index contributed by atoms with van der Waals surface area (Å²) in [5.41, 5.74) is 2.20. The van der Waals surface area contributed by atoms with Crippen molar-refractivity contribution in [2.75, 3.05) is 19.8 Å². The molecule has 3 heteroatoms. The fraction of sp³-hybridized carbons (Fsp3) is 0.529. The zero-order chi connectivity index (χ0) is 15.0. The van der Waals surface area contributed by atoms with Crippen LogP contribution in [-0.4, -0.2) is 19.8 Å². The Hall–Kier alpha value is -1.48. The molecule has 0 radical (unpaired) electrons. The van der Waals surface area contributed by atoms with E-state index in [0.29, 0.717) is 19.1 Å². The highest BCUT2D eigenvalue weighted by Gasteiger charge is 2.07. The molecule has 0 fully saturated rings. The van der Waals surface area contributed by atoms with Crippen LogP contribution >= 0.6 is 0 Å². The molecule has 0 amide bonds. The van der Waals surface area contributed by atoms with Crippen molar-refractivity contribution in [3.05, 3.63) is 35.9 Å². The van der Waals surface area contributed by atoms with Gasteiger partial charge in [0.15, 0.2) is 11.5 Å². The first-order valence-electron chi connectivity index (χ1n) is 7.26. The zero-order valence-electron chi connectivity index (χ0n) is 13.2. The second-order valence-corrected chi connectivity index (χ2v) is 5.48. The maximum absolute atomic E-state index is 5.70. The molecule has 0 aliphatic carbocycles. The van der Waals surface area contributed by atoms with Crippen molar-refractivity contribution in [1.29, 1.82) is 0 Å². The lowest BCUT2D eigenvalue weighted by Gasteiger charge is -2.14. The van der Waals surface area contributed by atoms with Crippen molar-refractivity contribution in [2.24, 2.45) is 5.92 Å². The number of nitrogens with one attached hydrogen (secondary N) is 1. The molecule has 20 heavy (non-hydrogen) atoms. The molecular weight excluding hydrogens is 250 g/mol. The predicted octanol–water partition coefficient (Wildman–Crippen LogP) is 3.79. The molecule has 0 aliphatic rings. The van der Waals surface area contributed by atoms with E-state index < -0.39 is 0 Å². The molecule has 1 N–H and O–H groups in total. The molecule has 0 aliphatic heterocycles. The van der Waals surface area contributed by atoms with Gasteiger partial charge in [-0.1, -0.05) is 26.5 Å². The first-order chi connectivity index (χ1) is 9.52. The minimum Gasteiger partial charge on any atom is -0.490 e. The van der Waals surface area contributed by atoms with Crippen LogP contribution in [0.25, 0.3) is 0 Å². The summed E-state index contributed by atoms with van der Waals surface area (Å²) in [6, 6.07) is 6.09. The average Bonchev–Trinajstić information content (AvgIpc) is 2.37. The van der Waals surface area contributed by atoms with Gasteiger partial charge in [-0.2, -0.15) is 0 Å². The molecule has 1 rings (SSSR count). The monoisotopic (exact) mass is 277 g/mol. The first-order valence-corrected chi connectivity index (χ1v) is 7.26. The normalized spacial score (nSPS) is 10.7. The molecule has 0 spiro atoms. The molecule has 112 valence electrons. The molecule has 0 saturated heterocycles. The van der Waals surface area contributed by atoms with Gasteiger partial charge < -0.3 is 14.8 Å². The summed E-state index contributed by atoms with van der Waals surface area (Å²) in [5, 5.41) is 3.43. The fourth-order valence-corrected chi connectivity index (χ4v) is 1.76. The molecule has 3 nitrogen and oxygen atoms in total. The Labute approximate surface area is 123 Å². The van der Waals surface area contributed by atoms with Crippen LogP contribution in [0.15, 0.2) is 30.4 Å². The van der Waals surface area contributed by atoms with Crippen molar-refractivity contribution in [3.8, 4) is 11.5 Å². The molecule has 0 bridgehead atoms. The first kappa shape index (κ1) is 16.6. The number of benzene rings is 1. The van der Waals surface area contributed by atoms with Crippen molar-refractivity contribution >= 4 is 0 Å². The summed E-state index contributed by atoms with van der Waals surface area (Å²) in [7, 11) is 0. The zero-order valence-corrected chi connectivity index (χ0v) is 13.2. The molecule has 1 aromatic rings. The van der Waals surface area contributed by atoms with Crippen LogP contribution in [0, 0.1) is 5.92 Å². The smallest absolute Gasteiger partial charge is 0.161 e. The van der Waals surface area contributed by atoms with Crippen LogP contribution in [0.1, 0.15) is 33.3 Å². The van der Waals surface area contributed by atoms with Crippen LogP contribution in [0.2, 0.25) is 0 Å². The second-order valence-electron chi connectivity index (χ2n) is 5.48. The van der Waals surface area contributed by atoms with Gasteiger partial charge in [-0.3, -0.25) is 0 Å². The van der Waals surface area contributed by atoms with E-state index in [2.05, 4.69) is 31.8 Å². The summed E-state index contributed by atoms with van der Waals surface area (Å²) in [6.07, 6.45) is 0. The Kier molecular flexibility index (Phi) is 7.16. The number of hydrogen-bond acceptors (Lipinski definition) is 3. The summed E-state index contributed by atoms with van der Waals surface area (Å²) in [4.78, 5) is 0. The van der Waals surface area contributed by atoms with Gasteiger partial charge in [0.2, 0.25) is 0 Å². The summed E-state index contributed by atoms with van der Waals surface area (Å²) < 4.78 is 11.4. The van der Waals surface area contributed by atoms with E-state index in [1.165, 1.54) is 5.56 Å². The van der Waals surface area contributed by atoms with Gasteiger partial charge in [-0.25, -0.2) is 0 Å². The second kappa shape index (κ2) is 8.64.